The van der Waals surface area contributed by atoms with E-state index in [0.29, 0.717) is 44.5 Å². The number of ether oxygens (including phenoxy) is 1. The Bertz CT molecular complexity index is 703. The van der Waals surface area contributed by atoms with Gasteiger partial charge in [-0.05, 0) is 83.6 Å². The molecule has 0 radical (unpaired) electrons. The van der Waals surface area contributed by atoms with E-state index in [0.717, 1.165) is 19.3 Å². The number of aliphatic carboxylic acids is 1. The third kappa shape index (κ3) is 8.72. The van der Waals surface area contributed by atoms with Crippen molar-refractivity contribution in [3.63, 3.8) is 0 Å². The lowest BCUT2D eigenvalue weighted by atomic mass is 9.81. The molecule has 3 amide bonds. The van der Waals surface area contributed by atoms with Gasteiger partial charge in [0.15, 0.2) is 0 Å². The van der Waals surface area contributed by atoms with E-state index < -0.39 is 29.7 Å². The standard InChI is InChI=1S/C23H39N3O6S/c1-23(2,3)32-22(31)26-12-5-6-18(26)20(28)24-14-15-7-9-16(10-8-15)19(27)25-17(21(29)30)11-13-33-4/h15-18H,5-14H2,1-4H3,(H,24,28)(H,25,27)(H,29,30)/t15?,16?,17-,18-/m0/s1. The van der Waals surface area contributed by atoms with Crippen LogP contribution in [0, 0.1) is 11.8 Å². The molecule has 0 aromatic carbocycles. The molecule has 1 aliphatic heterocycles. The second kappa shape index (κ2) is 12.5. The number of likely N-dealkylation sites (tertiary alicyclic amines) is 1. The molecular weight excluding hydrogens is 446 g/mol. The average molecular weight is 486 g/mol. The molecule has 0 unspecified atom stereocenters. The van der Waals surface area contributed by atoms with E-state index in [-0.39, 0.29) is 23.7 Å². The summed E-state index contributed by atoms with van der Waals surface area (Å²) in [7, 11) is 0. The van der Waals surface area contributed by atoms with Crippen LogP contribution >= 0.6 is 11.8 Å². The number of carboxylic acids is 1. The Labute approximate surface area is 200 Å². The van der Waals surface area contributed by atoms with Gasteiger partial charge < -0.3 is 20.5 Å². The van der Waals surface area contributed by atoms with Crippen LogP contribution < -0.4 is 10.6 Å². The number of carbonyl (C=O) groups is 4. The Hall–Kier alpha value is -1.97. The van der Waals surface area contributed by atoms with Gasteiger partial charge in [-0.3, -0.25) is 14.5 Å². The summed E-state index contributed by atoms with van der Waals surface area (Å²) in [5, 5.41) is 15.0. The Balaban J connectivity index is 1.76. The topological polar surface area (TPSA) is 125 Å². The molecule has 0 spiro atoms. The highest BCUT2D eigenvalue weighted by molar-refractivity contribution is 7.98. The van der Waals surface area contributed by atoms with Crippen LogP contribution in [0.5, 0.6) is 0 Å². The molecule has 1 heterocycles. The molecule has 10 heteroatoms. The first kappa shape index (κ1) is 27.3. The summed E-state index contributed by atoms with van der Waals surface area (Å²) in [5.74, 6) is -0.593. The summed E-state index contributed by atoms with van der Waals surface area (Å²) in [6.45, 7) is 6.44. The maximum Gasteiger partial charge on any atom is 0.410 e. The highest BCUT2D eigenvalue weighted by Gasteiger charge is 2.37. The van der Waals surface area contributed by atoms with Crippen molar-refractivity contribution in [1.29, 1.82) is 0 Å². The summed E-state index contributed by atoms with van der Waals surface area (Å²) < 4.78 is 5.43. The molecule has 2 atom stereocenters. The molecular formula is C23H39N3O6S. The molecule has 2 fully saturated rings. The van der Waals surface area contributed by atoms with Crippen molar-refractivity contribution in [3.8, 4) is 0 Å². The Kier molecular flexibility index (Phi) is 10.3. The maximum absolute atomic E-state index is 12.7. The second-order valence-electron chi connectivity index (χ2n) is 9.98. The molecule has 1 saturated carbocycles. The number of carbonyl (C=O) groups excluding carboxylic acids is 3. The van der Waals surface area contributed by atoms with Crippen LogP contribution in [0.25, 0.3) is 0 Å². The Morgan fingerprint density at radius 2 is 1.76 bits per heavy atom. The first-order valence-corrected chi connectivity index (χ1v) is 13.2. The molecule has 9 nitrogen and oxygen atoms in total. The quantitative estimate of drug-likeness (QED) is 0.458. The summed E-state index contributed by atoms with van der Waals surface area (Å²) in [4.78, 5) is 50.5. The molecule has 188 valence electrons. The van der Waals surface area contributed by atoms with E-state index in [1.807, 2.05) is 6.26 Å². The Morgan fingerprint density at radius 1 is 1.09 bits per heavy atom. The van der Waals surface area contributed by atoms with Crippen molar-refractivity contribution in [2.75, 3.05) is 25.1 Å². The number of rotatable bonds is 9. The largest absolute Gasteiger partial charge is 0.480 e. The zero-order chi connectivity index (χ0) is 24.6. The van der Waals surface area contributed by atoms with Gasteiger partial charge in [0, 0.05) is 19.0 Å². The van der Waals surface area contributed by atoms with Crippen molar-refractivity contribution >= 4 is 35.6 Å². The summed E-state index contributed by atoms with van der Waals surface area (Å²) in [5.41, 5.74) is -0.606. The number of nitrogens with zero attached hydrogens (tertiary/aromatic N) is 1. The number of hydrogen-bond acceptors (Lipinski definition) is 6. The van der Waals surface area contributed by atoms with E-state index >= 15 is 0 Å². The zero-order valence-electron chi connectivity index (χ0n) is 20.2. The van der Waals surface area contributed by atoms with E-state index in [4.69, 9.17) is 4.74 Å². The summed E-state index contributed by atoms with van der Waals surface area (Å²) >= 11 is 1.55. The van der Waals surface area contributed by atoms with Gasteiger partial charge in [0.05, 0.1) is 0 Å². The van der Waals surface area contributed by atoms with Gasteiger partial charge in [-0.2, -0.15) is 11.8 Å². The lowest BCUT2D eigenvalue weighted by Gasteiger charge is -2.30. The third-order valence-electron chi connectivity index (χ3n) is 6.19. The van der Waals surface area contributed by atoms with E-state index in [1.165, 1.54) is 4.90 Å². The number of nitrogens with one attached hydrogen (secondary N) is 2. The number of thioether (sulfide) groups is 1. The van der Waals surface area contributed by atoms with Gasteiger partial charge in [0.2, 0.25) is 11.8 Å². The minimum Gasteiger partial charge on any atom is -0.480 e. The SMILES string of the molecule is CSCC[C@H](NC(=O)C1CCC(CNC(=O)[C@@H]2CCCN2C(=O)OC(C)(C)C)CC1)C(=O)O. The second-order valence-corrected chi connectivity index (χ2v) is 11.0. The fourth-order valence-electron chi connectivity index (χ4n) is 4.35. The molecule has 2 aliphatic rings. The molecule has 3 N–H and O–H groups in total. The van der Waals surface area contributed by atoms with Gasteiger partial charge in [-0.1, -0.05) is 0 Å². The fraction of sp³-hybridized carbons (Fsp3) is 0.826. The first-order chi connectivity index (χ1) is 15.5. The van der Waals surface area contributed by atoms with Crippen LogP contribution in [0.2, 0.25) is 0 Å². The van der Waals surface area contributed by atoms with E-state index in [2.05, 4.69) is 10.6 Å². The van der Waals surface area contributed by atoms with Crippen molar-refractivity contribution in [2.24, 2.45) is 11.8 Å². The molecule has 0 aromatic rings. The molecule has 1 saturated heterocycles. The van der Waals surface area contributed by atoms with Crippen molar-refractivity contribution in [1.82, 2.24) is 15.5 Å². The minimum absolute atomic E-state index is 0.156. The van der Waals surface area contributed by atoms with Gasteiger partial charge in [-0.25, -0.2) is 9.59 Å². The fourth-order valence-corrected chi connectivity index (χ4v) is 4.82. The van der Waals surface area contributed by atoms with E-state index in [1.54, 1.807) is 32.5 Å². The van der Waals surface area contributed by atoms with Gasteiger partial charge in [-0.15, -0.1) is 0 Å². The van der Waals surface area contributed by atoms with Gasteiger partial charge >= 0.3 is 12.1 Å². The van der Waals surface area contributed by atoms with Gasteiger partial charge in [0.1, 0.15) is 17.7 Å². The molecule has 0 bridgehead atoms. The highest BCUT2D eigenvalue weighted by Crippen LogP contribution is 2.29. The number of hydrogen-bond donors (Lipinski definition) is 3. The van der Waals surface area contributed by atoms with Crippen molar-refractivity contribution < 1.29 is 29.0 Å². The van der Waals surface area contributed by atoms with Crippen LogP contribution in [0.15, 0.2) is 0 Å². The summed E-state index contributed by atoms with van der Waals surface area (Å²) in [6.07, 6.45) is 6.19. The number of amides is 3. The number of carboxylic acid groups (broad SMARTS) is 1. The smallest absolute Gasteiger partial charge is 0.410 e. The molecule has 0 aromatic heterocycles. The third-order valence-corrected chi connectivity index (χ3v) is 6.84. The first-order valence-electron chi connectivity index (χ1n) is 11.8. The minimum atomic E-state index is -0.999. The lowest BCUT2D eigenvalue weighted by molar-refractivity contribution is -0.142. The molecule has 2 rings (SSSR count). The van der Waals surface area contributed by atoms with Crippen molar-refractivity contribution in [2.45, 2.75) is 83.4 Å². The zero-order valence-corrected chi connectivity index (χ0v) is 21.0. The molecule has 1 aliphatic carbocycles. The molecule has 33 heavy (non-hydrogen) atoms. The van der Waals surface area contributed by atoms with Crippen molar-refractivity contribution in [3.05, 3.63) is 0 Å². The van der Waals surface area contributed by atoms with Crippen LogP contribution in [0.1, 0.15) is 65.7 Å². The van der Waals surface area contributed by atoms with Gasteiger partial charge in [0.25, 0.3) is 0 Å². The lowest BCUT2D eigenvalue weighted by Crippen LogP contribution is -2.48. The van der Waals surface area contributed by atoms with Crippen LogP contribution in [-0.2, 0) is 19.1 Å². The Morgan fingerprint density at radius 3 is 2.33 bits per heavy atom. The highest BCUT2D eigenvalue weighted by atomic mass is 32.2. The average Bonchev–Trinajstić information content (AvgIpc) is 3.24. The van der Waals surface area contributed by atoms with Crippen LogP contribution in [-0.4, -0.2) is 76.7 Å². The van der Waals surface area contributed by atoms with E-state index in [9.17, 15) is 24.3 Å². The summed E-state index contributed by atoms with van der Waals surface area (Å²) in [6, 6.07) is -1.35. The maximum atomic E-state index is 12.7. The monoisotopic (exact) mass is 485 g/mol. The normalized spacial score (nSPS) is 24.1. The predicted molar refractivity (Wildman–Crippen MR) is 127 cm³/mol. The predicted octanol–water partition coefficient (Wildman–Crippen LogP) is 2.63. The van der Waals surface area contributed by atoms with Crippen LogP contribution in [0.3, 0.4) is 0 Å². The van der Waals surface area contributed by atoms with Crippen LogP contribution in [0.4, 0.5) is 4.79 Å².